The van der Waals surface area contributed by atoms with Gasteiger partial charge in [-0.25, -0.2) is 4.79 Å². The number of guanidine groups is 1. The predicted molar refractivity (Wildman–Crippen MR) is 53.7 cm³/mol. The number of nitrogens with zero attached hydrogens (tertiary/aromatic N) is 1. The number of carboxylic acid groups (broad SMARTS) is 1. The second-order valence-corrected chi connectivity index (χ2v) is 2.77. The maximum Gasteiger partial charge on any atom is 0.337 e. The van der Waals surface area contributed by atoms with Crippen molar-refractivity contribution >= 4 is 17.6 Å². The second kappa shape index (κ2) is 3.78. The Morgan fingerprint density at radius 1 is 1.50 bits per heavy atom. The molecule has 0 aliphatic rings. The van der Waals surface area contributed by atoms with Gasteiger partial charge in [0.1, 0.15) is 0 Å². The molecule has 0 saturated carbocycles. The van der Waals surface area contributed by atoms with E-state index in [0.29, 0.717) is 5.69 Å². The van der Waals surface area contributed by atoms with Crippen molar-refractivity contribution in [1.29, 1.82) is 5.41 Å². The second-order valence-electron chi connectivity index (χ2n) is 2.77. The zero-order valence-corrected chi connectivity index (χ0v) is 7.69. The molecule has 0 unspecified atom stereocenters. The molecule has 1 aromatic carbocycles. The van der Waals surface area contributed by atoms with Crippen LogP contribution in [0.2, 0.25) is 0 Å². The Kier molecular flexibility index (Phi) is 2.71. The van der Waals surface area contributed by atoms with Crippen molar-refractivity contribution in [3.8, 4) is 0 Å². The third-order valence-corrected chi connectivity index (χ3v) is 1.86. The largest absolute Gasteiger partial charge is 0.478 e. The van der Waals surface area contributed by atoms with Crippen LogP contribution < -0.4 is 10.6 Å². The normalized spacial score (nSPS) is 9.50. The number of benzene rings is 1. The van der Waals surface area contributed by atoms with Gasteiger partial charge >= 0.3 is 5.97 Å². The number of para-hydroxylation sites is 1. The molecule has 74 valence electrons. The maximum absolute atomic E-state index is 10.8. The minimum Gasteiger partial charge on any atom is -0.478 e. The molecule has 0 saturated heterocycles. The van der Waals surface area contributed by atoms with Crippen molar-refractivity contribution in [1.82, 2.24) is 0 Å². The Hall–Kier alpha value is -2.04. The number of hydrogen-bond acceptors (Lipinski definition) is 2. The molecule has 0 aliphatic carbocycles. The highest BCUT2D eigenvalue weighted by Crippen LogP contribution is 2.18. The number of nitrogens with two attached hydrogens (primary N) is 1. The molecule has 0 aliphatic heterocycles. The number of carboxylic acids is 1. The van der Waals surface area contributed by atoms with Crippen LogP contribution in [0.1, 0.15) is 10.4 Å². The molecule has 0 atom stereocenters. The van der Waals surface area contributed by atoms with Crippen LogP contribution in [0.3, 0.4) is 0 Å². The van der Waals surface area contributed by atoms with E-state index in [4.69, 9.17) is 16.2 Å². The van der Waals surface area contributed by atoms with Gasteiger partial charge in [0, 0.05) is 7.05 Å². The lowest BCUT2D eigenvalue weighted by molar-refractivity contribution is 0.0698. The van der Waals surface area contributed by atoms with E-state index in [-0.39, 0.29) is 11.5 Å². The summed E-state index contributed by atoms with van der Waals surface area (Å²) >= 11 is 0. The molecule has 0 amide bonds. The van der Waals surface area contributed by atoms with Crippen molar-refractivity contribution in [3.05, 3.63) is 29.8 Å². The first-order valence-electron chi connectivity index (χ1n) is 3.94. The smallest absolute Gasteiger partial charge is 0.337 e. The van der Waals surface area contributed by atoms with Gasteiger partial charge < -0.3 is 15.7 Å². The van der Waals surface area contributed by atoms with Gasteiger partial charge in [0.2, 0.25) is 0 Å². The van der Waals surface area contributed by atoms with Gasteiger partial charge in [0.15, 0.2) is 5.96 Å². The standard InChI is InChI=1S/C9H11N3O2/c1-12(9(10)11)7-5-3-2-4-6(7)8(13)14/h2-5H,1H3,(H3,10,11)(H,13,14). The number of nitrogens with one attached hydrogen (secondary N) is 1. The zero-order valence-electron chi connectivity index (χ0n) is 7.69. The zero-order chi connectivity index (χ0) is 10.7. The quantitative estimate of drug-likeness (QED) is 0.476. The van der Waals surface area contributed by atoms with Gasteiger partial charge in [-0.2, -0.15) is 0 Å². The minimum absolute atomic E-state index is 0.130. The van der Waals surface area contributed by atoms with Crippen LogP contribution in [0.15, 0.2) is 24.3 Å². The molecule has 14 heavy (non-hydrogen) atoms. The Labute approximate surface area is 81.3 Å². The monoisotopic (exact) mass is 193 g/mol. The van der Waals surface area contributed by atoms with Gasteiger partial charge in [0.25, 0.3) is 0 Å². The van der Waals surface area contributed by atoms with Crippen molar-refractivity contribution < 1.29 is 9.90 Å². The van der Waals surface area contributed by atoms with Crippen molar-refractivity contribution in [2.45, 2.75) is 0 Å². The summed E-state index contributed by atoms with van der Waals surface area (Å²) in [7, 11) is 1.55. The van der Waals surface area contributed by atoms with Gasteiger partial charge in [-0.3, -0.25) is 5.41 Å². The summed E-state index contributed by atoms with van der Waals surface area (Å²) in [6.45, 7) is 0. The number of rotatable bonds is 2. The molecular weight excluding hydrogens is 182 g/mol. The fourth-order valence-corrected chi connectivity index (χ4v) is 1.08. The lowest BCUT2D eigenvalue weighted by Gasteiger charge is -2.18. The van der Waals surface area contributed by atoms with Crippen LogP contribution in [0.5, 0.6) is 0 Å². The summed E-state index contributed by atoms with van der Waals surface area (Å²) in [5.41, 5.74) is 5.79. The van der Waals surface area contributed by atoms with Crippen LogP contribution >= 0.6 is 0 Å². The predicted octanol–water partition coefficient (Wildman–Crippen LogP) is 0.714. The number of carbonyl (C=O) groups is 1. The SMILES string of the molecule is CN(C(=N)N)c1ccccc1C(=O)O. The van der Waals surface area contributed by atoms with Gasteiger partial charge in [0.05, 0.1) is 11.3 Å². The van der Waals surface area contributed by atoms with Crippen LogP contribution in [0.25, 0.3) is 0 Å². The molecule has 0 fully saturated rings. The van der Waals surface area contributed by atoms with Crippen molar-refractivity contribution in [3.63, 3.8) is 0 Å². The topological polar surface area (TPSA) is 90.4 Å². The van der Waals surface area contributed by atoms with Crippen LogP contribution in [-0.4, -0.2) is 24.1 Å². The fourth-order valence-electron chi connectivity index (χ4n) is 1.08. The first kappa shape index (κ1) is 10.0. The number of hydrogen-bond donors (Lipinski definition) is 3. The first-order chi connectivity index (χ1) is 6.54. The lowest BCUT2D eigenvalue weighted by atomic mass is 10.1. The molecule has 1 aromatic rings. The summed E-state index contributed by atoms with van der Waals surface area (Å²) in [4.78, 5) is 12.1. The van der Waals surface area contributed by atoms with E-state index in [1.165, 1.54) is 11.0 Å². The molecule has 1 rings (SSSR count). The van der Waals surface area contributed by atoms with E-state index in [0.717, 1.165) is 0 Å². The Morgan fingerprint density at radius 3 is 2.57 bits per heavy atom. The highest BCUT2D eigenvalue weighted by Gasteiger charge is 2.13. The Bertz CT molecular complexity index is 376. The van der Waals surface area contributed by atoms with E-state index in [9.17, 15) is 4.79 Å². The molecular formula is C9H11N3O2. The molecule has 5 heteroatoms. The molecule has 0 bridgehead atoms. The van der Waals surface area contributed by atoms with Crippen molar-refractivity contribution in [2.24, 2.45) is 5.73 Å². The summed E-state index contributed by atoms with van der Waals surface area (Å²) < 4.78 is 0. The van der Waals surface area contributed by atoms with Crippen LogP contribution in [0, 0.1) is 5.41 Å². The molecule has 0 spiro atoms. The van der Waals surface area contributed by atoms with E-state index in [1.54, 1.807) is 25.2 Å². The van der Waals surface area contributed by atoms with E-state index < -0.39 is 5.97 Å². The van der Waals surface area contributed by atoms with E-state index >= 15 is 0 Å². The highest BCUT2D eigenvalue weighted by molar-refractivity contribution is 6.01. The molecule has 5 nitrogen and oxygen atoms in total. The van der Waals surface area contributed by atoms with E-state index in [2.05, 4.69) is 0 Å². The van der Waals surface area contributed by atoms with Crippen LogP contribution in [0.4, 0.5) is 5.69 Å². The first-order valence-corrected chi connectivity index (χ1v) is 3.94. The Balaban J connectivity index is 3.19. The Morgan fingerprint density at radius 2 is 2.07 bits per heavy atom. The average Bonchev–Trinajstić information content (AvgIpc) is 2.16. The third kappa shape index (κ3) is 1.82. The molecule has 0 aromatic heterocycles. The van der Waals surface area contributed by atoms with E-state index in [1.807, 2.05) is 0 Å². The highest BCUT2D eigenvalue weighted by atomic mass is 16.4. The minimum atomic E-state index is -1.03. The summed E-state index contributed by atoms with van der Waals surface area (Å²) in [5, 5.41) is 16.0. The molecule has 0 heterocycles. The van der Waals surface area contributed by atoms with Gasteiger partial charge in [-0.1, -0.05) is 12.1 Å². The third-order valence-electron chi connectivity index (χ3n) is 1.86. The summed E-state index contributed by atoms with van der Waals surface area (Å²) in [6.07, 6.45) is 0. The lowest BCUT2D eigenvalue weighted by Crippen LogP contribution is -2.33. The summed E-state index contributed by atoms with van der Waals surface area (Å²) in [6, 6.07) is 6.39. The fraction of sp³-hybridized carbons (Fsp3) is 0.111. The van der Waals surface area contributed by atoms with Gasteiger partial charge in [-0.05, 0) is 12.1 Å². The average molecular weight is 193 g/mol. The molecule has 4 N–H and O–H groups in total. The van der Waals surface area contributed by atoms with Gasteiger partial charge in [-0.15, -0.1) is 0 Å². The number of anilines is 1. The summed E-state index contributed by atoms with van der Waals surface area (Å²) in [5.74, 6) is -1.23. The van der Waals surface area contributed by atoms with Crippen molar-refractivity contribution in [2.75, 3.05) is 11.9 Å². The van der Waals surface area contributed by atoms with Crippen LogP contribution in [-0.2, 0) is 0 Å². The number of aromatic carboxylic acids is 1. The molecule has 0 radical (unpaired) electrons. The maximum atomic E-state index is 10.8.